The number of hydrogen-bond acceptors (Lipinski definition) is 2. The number of nitrogens with zero attached hydrogens (tertiary/aromatic N) is 1. The molecular formula is C17H24ClN3O. The van der Waals surface area contributed by atoms with E-state index in [0.717, 1.165) is 43.8 Å². The molecule has 0 aromatic heterocycles. The van der Waals surface area contributed by atoms with Crippen LogP contribution in [-0.2, 0) is 5.41 Å². The Morgan fingerprint density at radius 2 is 1.95 bits per heavy atom. The molecule has 4 nitrogen and oxygen atoms in total. The van der Waals surface area contributed by atoms with Gasteiger partial charge in [-0.05, 0) is 57.5 Å². The van der Waals surface area contributed by atoms with Crippen molar-refractivity contribution < 1.29 is 4.79 Å². The van der Waals surface area contributed by atoms with E-state index in [1.165, 1.54) is 5.56 Å². The smallest absolute Gasteiger partial charge is 0.315 e. The Bertz CT molecular complexity index is 565. The number of halogens is 1. The molecule has 1 heterocycles. The minimum absolute atomic E-state index is 0.0251. The Kier molecular flexibility index (Phi) is 4.08. The summed E-state index contributed by atoms with van der Waals surface area (Å²) < 4.78 is 0. The highest BCUT2D eigenvalue weighted by atomic mass is 35.5. The van der Waals surface area contributed by atoms with Crippen LogP contribution in [0.2, 0.25) is 5.02 Å². The van der Waals surface area contributed by atoms with Gasteiger partial charge in [0.25, 0.3) is 0 Å². The Labute approximate surface area is 137 Å². The van der Waals surface area contributed by atoms with Crippen LogP contribution in [0.4, 0.5) is 4.79 Å². The standard InChI is InChI=1S/C17H24ClN3O/c1-21(2)12-16(13-4-3-5-14(18)10-13)6-8-17(9-7-16)11-19-15(22)20-17/h3-5,10H,6-9,11-12H2,1-2H3,(H2,19,20,22). The number of nitrogens with one attached hydrogen (secondary N) is 2. The third-order valence-electron chi connectivity index (χ3n) is 5.19. The SMILES string of the molecule is CN(C)CC1(c2cccc(Cl)c2)CCC2(CC1)CNC(=O)N2. The van der Waals surface area contributed by atoms with Crippen LogP contribution in [-0.4, -0.2) is 43.7 Å². The monoisotopic (exact) mass is 321 g/mol. The van der Waals surface area contributed by atoms with Gasteiger partial charge in [-0.15, -0.1) is 0 Å². The fourth-order valence-corrected chi connectivity index (χ4v) is 4.24. The highest BCUT2D eigenvalue weighted by Gasteiger charge is 2.46. The van der Waals surface area contributed by atoms with Crippen LogP contribution in [0.5, 0.6) is 0 Å². The maximum atomic E-state index is 11.5. The second-order valence-electron chi connectivity index (χ2n) is 7.12. The Hall–Kier alpha value is -1.26. The van der Waals surface area contributed by atoms with E-state index in [9.17, 15) is 4.79 Å². The van der Waals surface area contributed by atoms with Crippen LogP contribution in [0.25, 0.3) is 0 Å². The molecule has 0 radical (unpaired) electrons. The van der Waals surface area contributed by atoms with Crippen molar-refractivity contribution in [3.63, 3.8) is 0 Å². The molecule has 2 fully saturated rings. The number of urea groups is 1. The van der Waals surface area contributed by atoms with Crippen molar-refractivity contribution in [3.05, 3.63) is 34.9 Å². The van der Waals surface area contributed by atoms with Gasteiger partial charge in [-0.3, -0.25) is 0 Å². The van der Waals surface area contributed by atoms with Gasteiger partial charge in [0.05, 0.1) is 5.54 Å². The predicted molar refractivity (Wildman–Crippen MR) is 89.4 cm³/mol. The molecule has 0 unspecified atom stereocenters. The molecule has 2 amide bonds. The zero-order valence-electron chi connectivity index (χ0n) is 13.3. The molecule has 1 saturated heterocycles. The molecule has 1 aliphatic heterocycles. The zero-order valence-corrected chi connectivity index (χ0v) is 14.0. The van der Waals surface area contributed by atoms with Gasteiger partial charge in [-0.1, -0.05) is 23.7 Å². The highest BCUT2D eigenvalue weighted by molar-refractivity contribution is 6.30. The van der Waals surface area contributed by atoms with Crippen molar-refractivity contribution in [2.75, 3.05) is 27.2 Å². The number of carbonyl (C=O) groups excluding carboxylic acids is 1. The van der Waals surface area contributed by atoms with E-state index < -0.39 is 0 Å². The number of amides is 2. The quantitative estimate of drug-likeness (QED) is 0.899. The normalized spacial score (nSPS) is 31.4. The van der Waals surface area contributed by atoms with Crippen LogP contribution >= 0.6 is 11.6 Å². The lowest BCUT2D eigenvalue weighted by Crippen LogP contribution is -2.52. The third-order valence-corrected chi connectivity index (χ3v) is 5.42. The largest absolute Gasteiger partial charge is 0.336 e. The number of likely N-dealkylation sites (N-methyl/N-ethyl adjacent to an activating group) is 1. The third kappa shape index (κ3) is 2.95. The summed E-state index contributed by atoms with van der Waals surface area (Å²) in [5.41, 5.74) is 1.39. The fraction of sp³-hybridized carbons (Fsp3) is 0.588. The van der Waals surface area contributed by atoms with Gasteiger partial charge >= 0.3 is 6.03 Å². The molecule has 22 heavy (non-hydrogen) atoms. The maximum absolute atomic E-state index is 11.5. The summed E-state index contributed by atoms with van der Waals surface area (Å²) in [5, 5.41) is 6.85. The molecule has 3 rings (SSSR count). The van der Waals surface area contributed by atoms with Gasteiger partial charge in [0.15, 0.2) is 0 Å². The first-order valence-electron chi connectivity index (χ1n) is 7.90. The molecule has 2 aliphatic rings. The van der Waals surface area contributed by atoms with Crippen molar-refractivity contribution in [2.24, 2.45) is 0 Å². The van der Waals surface area contributed by atoms with Gasteiger partial charge in [-0.2, -0.15) is 0 Å². The lowest BCUT2D eigenvalue weighted by atomic mass is 9.64. The molecule has 1 aromatic carbocycles. The number of rotatable bonds is 3. The molecule has 1 spiro atoms. The van der Waals surface area contributed by atoms with Crippen molar-refractivity contribution in [2.45, 2.75) is 36.6 Å². The summed E-state index contributed by atoms with van der Waals surface area (Å²) in [6, 6.07) is 8.24. The van der Waals surface area contributed by atoms with E-state index in [1.54, 1.807) is 0 Å². The lowest BCUT2D eigenvalue weighted by Gasteiger charge is -2.46. The van der Waals surface area contributed by atoms with E-state index in [-0.39, 0.29) is 17.0 Å². The summed E-state index contributed by atoms with van der Waals surface area (Å²) in [5.74, 6) is 0. The van der Waals surface area contributed by atoms with Crippen molar-refractivity contribution in [1.82, 2.24) is 15.5 Å². The number of hydrogen-bond donors (Lipinski definition) is 2. The van der Waals surface area contributed by atoms with Crippen LogP contribution in [0.3, 0.4) is 0 Å². The first kappa shape index (κ1) is 15.6. The summed E-state index contributed by atoms with van der Waals surface area (Å²) in [4.78, 5) is 13.8. The highest BCUT2D eigenvalue weighted by Crippen LogP contribution is 2.44. The van der Waals surface area contributed by atoms with Crippen molar-refractivity contribution in [3.8, 4) is 0 Å². The van der Waals surface area contributed by atoms with Crippen LogP contribution in [0, 0.1) is 0 Å². The first-order chi connectivity index (χ1) is 10.4. The molecule has 5 heteroatoms. The average molecular weight is 322 g/mol. The van der Waals surface area contributed by atoms with E-state index in [4.69, 9.17) is 11.6 Å². The summed E-state index contributed by atoms with van der Waals surface area (Å²) >= 11 is 6.22. The second kappa shape index (κ2) is 5.74. The summed E-state index contributed by atoms with van der Waals surface area (Å²) in [7, 11) is 4.24. The van der Waals surface area contributed by atoms with Crippen LogP contribution < -0.4 is 10.6 Å². The lowest BCUT2D eigenvalue weighted by molar-refractivity contribution is 0.155. The average Bonchev–Trinajstić information content (AvgIpc) is 2.83. The van der Waals surface area contributed by atoms with E-state index in [0.29, 0.717) is 0 Å². The second-order valence-corrected chi connectivity index (χ2v) is 7.55. The minimum atomic E-state index is -0.0501. The first-order valence-corrected chi connectivity index (χ1v) is 8.28. The van der Waals surface area contributed by atoms with Gasteiger partial charge in [-0.25, -0.2) is 4.79 Å². The topological polar surface area (TPSA) is 44.4 Å². The zero-order chi connectivity index (χ0) is 15.8. The van der Waals surface area contributed by atoms with Gasteiger partial charge in [0.2, 0.25) is 0 Å². The fourth-order valence-electron chi connectivity index (χ4n) is 4.05. The van der Waals surface area contributed by atoms with Crippen LogP contribution in [0.1, 0.15) is 31.2 Å². The van der Waals surface area contributed by atoms with E-state index >= 15 is 0 Å². The Balaban J connectivity index is 1.85. The number of benzene rings is 1. The number of carbonyl (C=O) groups is 1. The Morgan fingerprint density at radius 3 is 2.50 bits per heavy atom. The molecule has 1 aromatic rings. The minimum Gasteiger partial charge on any atom is -0.336 e. The van der Waals surface area contributed by atoms with E-state index in [2.05, 4.69) is 41.8 Å². The summed E-state index contributed by atoms with van der Waals surface area (Å²) in [6.45, 7) is 1.75. The summed E-state index contributed by atoms with van der Waals surface area (Å²) in [6.07, 6.45) is 4.14. The molecule has 1 aliphatic carbocycles. The van der Waals surface area contributed by atoms with Gasteiger partial charge in [0, 0.05) is 23.5 Å². The molecule has 0 bridgehead atoms. The molecular weight excluding hydrogens is 298 g/mol. The molecule has 0 atom stereocenters. The Morgan fingerprint density at radius 1 is 1.23 bits per heavy atom. The maximum Gasteiger partial charge on any atom is 0.315 e. The van der Waals surface area contributed by atoms with Crippen molar-refractivity contribution >= 4 is 17.6 Å². The molecule has 2 N–H and O–H groups in total. The predicted octanol–water partition coefficient (Wildman–Crippen LogP) is 2.77. The van der Waals surface area contributed by atoms with Gasteiger partial charge < -0.3 is 15.5 Å². The van der Waals surface area contributed by atoms with Crippen molar-refractivity contribution in [1.29, 1.82) is 0 Å². The van der Waals surface area contributed by atoms with Crippen LogP contribution in [0.15, 0.2) is 24.3 Å². The van der Waals surface area contributed by atoms with Gasteiger partial charge in [0.1, 0.15) is 0 Å². The molecule has 120 valence electrons. The molecule has 1 saturated carbocycles. The van der Waals surface area contributed by atoms with E-state index in [1.807, 2.05) is 12.1 Å².